The Morgan fingerprint density at radius 1 is 0.375 bits per heavy atom. The van der Waals surface area contributed by atoms with Gasteiger partial charge in [-0.05, 0) is 96.3 Å². The van der Waals surface area contributed by atoms with Crippen LogP contribution in [0.5, 0.6) is 0 Å². The Balaban J connectivity index is 4.58. The second-order valence-corrected chi connectivity index (χ2v) is 13.8. The Morgan fingerprint density at radius 3 is 1.27 bits per heavy atom. The van der Waals surface area contributed by atoms with Crippen molar-refractivity contribution in [1.82, 2.24) is 0 Å². The normalized spacial score (nSPS) is 13.1. The highest BCUT2D eigenvalue weighted by atomic mass is 16.6. The molecule has 0 aliphatic carbocycles. The molecule has 0 aliphatic heterocycles. The first-order chi connectivity index (χ1) is 27.5. The van der Waals surface area contributed by atoms with E-state index in [1.807, 2.05) is 12.2 Å². The lowest BCUT2D eigenvalue weighted by molar-refractivity contribution is -0.166. The van der Waals surface area contributed by atoms with Gasteiger partial charge in [0.15, 0.2) is 6.10 Å². The lowest BCUT2D eigenvalue weighted by Crippen LogP contribution is -2.30. The standard InChI is InChI=1S/C50H78O6/c1-4-7-10-13-16-19-22-23-24-25-26-29-31-34-37-40-43-49(52)55-46-47(56-50(53)44-41-38-35-32-28-21-18-15-12-9-6-3)45-54-48(51)42-39-36-33-30-27-20-17-14-11-8-5-2/h7,9-10,12,14,16-19,21,23-24,26,29,32,34-35,37,47H,4-6,8,11,13,15,20,22,25,27-28,30-31,33,36,38-46H2,1-3H3/b10-7-,12-9-,17-14-,19-16-,21-18-,24-23-,29-26-,35-32-,37-34-. The van der Waals surface area contributed by atoms with Gasteiger partial charge >= 0.3 is 17.9 Å². The van der Waals surface area contributed by atoms with Gasteiger partial charge in [0.2, 0.25) is 0 Å². The topological polar surface area (TPSA) is 78.9 Å². The Labute approximate surface area is 342 Å². The molecule has 1 unspecified atom stereocenters. The van der Waals surface area contributed by atoms with Crippen LogP contribution in [0.25, 0.3) is 0 Å². The second-order valence-electron chi connectivity index (χ2n) is 13.8. The molecule has 56 heavy (non-hydrogen) atoms. The fourth-order valence-corrected chi connectivity index (χ4v) is 5.26. The molecule has 6 nitrogen and oxygen atoms in total. The van der Waals surface area contributed by atoms with Crippen molar-refractivity contribution in [3.63, 3.8) is 0 Å². The van der Waals surface area contributed by atoms with Gasteiger partial charge in [0.25, 0.3) is 0 Å². The van der Waals surface area contributed by atoms with Crippen LogP contribution < -0.4 is 0 Å². The molecule has 0 aromatic carbocycles. The van der Waals surface area contributed by atoms with Crippen LogP contribution in [-0.4, -0.2) is 37.2 Å². The molecule has 1 atom stereocenters. The zero-order valence-corrected chi connectivity index (χ0v) is 35.6. The Morgan fingerprint density at radius 2 is 0.750 bits per heavy atom. The summed E-state index contributed by atoms with van der Waals surface area (Å²) in [5.74, 6) is -1.09. The number of hydrogen-bond acceptors (Lipinski definition) is 6. The molecule has 0 bridgehead atoms. The van der Waals surface area contributed by atoms with E-state index in [2.05, 4.69) is 118 Å². The summed E-state index contributed by atoms with van der Waals surface area (Å²) in [7, 11) is 0. The van der Waals surface area contributed by atoms with Crippen molar-refractivity contribution in [1.29, 1.82) is 0 Å². The number of allylic oxidation sites excluding steroid dienone is 18. The van der Waals surface area contributed by atoms with Crippen molar-refractivity contribution in [3.8, 4) is 0 Å². The molecule has 0 spiro atoms. The van der Waals surface area contributed by atoms with E-state index >= 15 is 0 Å². The fraction of sp³-hybridized carbons (Fsp3) is 0.580. The summed E-state index contributed by atoms with van der Waals surface area (Å²) in [6.07, 6.45) is 58.1. The molecule has 0 N–H and O–H groups in total. The Bertz CT molecular complexity index is 1210. The molecule has 6 heteroatoms. The molecule has 0 fully saturated rings. The summed E-state index contributed by atoms with van der Waals surface area (Å²) < 4.78 is 16.5. The summed E-state index contributed by atoms with van der Waals surface area (Å²) in [4.78, 5) is 37.6. The van der Waals surface area contributed by atoms with Gasteiger partial charge in [0.1, 0.15) is 13.2 Å². The number of carbonyl (C=O) groups is 3. The largest absolute Gasteiger partial charge is 0.462 e. The van der Waals surface area contributed by atoms with Crippen LogP contribution in [-0.2, 0) is 28.6 Å². The average molecular weight is 775 g/mol. The molecular formula is C50H78O6. The zero-order chi connectivity index (χ0) is 40.8. The first kappa shape index (κ1) is 52.1. The summed E-state index contributed by atoms with van der Waals surface area (Å²) in [5, 5.41) is 0. The van der Waals surface area contributed by atoms with Crippen LogP contribution in [0, 0.1) is 0 Å². The third-order valence-corrected chi connectivity index (χ3v) is 8.51. The van der Waals surface area contributed by atoms with Crippen LogP contribution in [0.1, 0.15) is 168 Å². The minimum atomic E-state index is -0.836. The van der Waals surface area contributed by atoms with Crippen molar-refractivity contribution in [2.45, 2.75) is 175 Å². The van der Waals surface area contributed by atoms with E-state index in [1.54, 1.807) is 0 Å². The molecule has 0 heterocycles. The molecule has 0 rings (SSSR count). The molecule has 0 radical (unpaired) electrons. The minimum Gasteiger partial charge on any atom is -0.462 e. The lowest BCUT2D eigenvalue weighted by Gasteiger charge is -2.18. The van der Waals surface area contributed by atoms with Gasteiger partial charge in [-0.15, -0.1) is 0 Å². The molecule has 0 aromatic rings. The highest BCUT2D eigenvalue weighted by Crippen LogP contribution is 2.10. The maximum atomic E-state index is 12.7. The molecule has 0 saturated heterocycles. The summed E-state index contributed by atoms with van der Waals surface area (Å²) in [6.45, 7) is 6.20. The van der Waals surface area contributed by atoms with E-state index in [0.29, 0.717) is 19.3 Å². The highest BCUT2D eigenvalue weighted by molar-refractivity contribution is 5.71. The third kappa shape index (κ3) is 41.2. The van der Waals surface area contributed by atoms with Gasteiger partial charge in [-0.3, -0.25) is 14.4 Å². The van der Waals surface area contributed by atoms with Crippen LogP contribution in [0.4, 0.5) is 0 Å². The quantitative estimate of drug-likeness (QED) is 0.0271. The summed E-state index contributed by atoms with van der Waals surface area (Å²) in [5.41, 5.74) is 0. The minimum absolute atomic E-state index is 0.128. The number of esters is 3. The predicted octanol–water partition coefficient (Wildman–Crippen LogP) is 14.0. The Kier molecular flexibility index (Phi) is 40.7. The first-order valence-electron chi connectivity index (χ1n) is 21.9. The average Bonchev–Trinajstić information content (AvgIpc) is 3.19. The summed E-state index contributed by atoms with van der Waals surface area (Å²) in [6, 6.07) is 0. The highest BCUT2D eigenvalue weighted by Gasteiger charge is 2.19. The maximum absolute atomic E-state index is 12.7. The number of unbranched alkanes of at least 4 members (excludes halogenated alkanes) is 8. The van der Waals surface area contributed by atoms with Gasteiger partial charge in [-0.25, -0.2) is 0 Å². The molecular weight excluding hydrogens is 697 g/mol. The van der Waals surface area contributed by atoms with Crippen LogP contribution >= 0.6 is 0 Å². The maximum Gasteiger partial charge on any atom is 0.306 e. The van der Waals surface area contributed by atoms with E-state index < -0.39 is 12.1 Å². The van der Waals surface area contributed by atoms with Crippen molar-refractivity contribution in [2.75, 3.05) is 13.2 Å². The molecule has 0 aromatic heterocycles. The number of hydrogen-bond donors (Lipinski definition) is 0. The number of rotatable bonds is 37. The second kappa shape index (κ2) is 43.8. The van der Waals surface area contributed by atoms with Gasteiger partial charge < -0.3 is 14.2 Å². The van der Waals surface area contributed by atoms with Crippen molar-refractivity contribution >= 4 is 17.9 Å². The monoisotopic (exact) mass is 775 g/mol. The number of carbonyl (C=O) groups excluding carboxylic acids is 3. The van der Waals surface area contributed by atoms with Gasteiger partial charge in [0, 0.05) is 19.3 Å². The fourth-order valence-electron chi connectivity index (χ4n) is 5.26. The zero-order valence-electron chi connectivity index (χ0n) is 35.6. The Hall–Kier alpha value is -3.93. The van der Waals surface area contributed by atoms with E-state index in [0.717, 1.165) is 89.9 Å². The van der Waals surface area contributed by atoms with Gasteiger partial charge in [-0.2, -0.15) is 0 Å². The first-order valence-corrected chi connectivity index (χ1v) is 21.9. The third-order valence-electron chi connectivity index (χ3n) is 8.51. The molecule has 0 amide bonds. The van der Waals surface area contributed by atoms with E-state index in [4.69, 9.17) is 14.2 Å². The lowest BCUT2D eigenvalue weighted by atomic mass is 10.1. The number of ether oxygens (including phenoxy) is 3. The molecule has 0 aliphatic rings. The molecule has 0 saturated carbocycles. The van der Waals surface area contributed by atoms with Crippen molar-refractivity contribution < 1.29 is 28.6 Å². The van der Waals surface area contributed by atoms with Crippen LogP contribution in [0.15, 0.2) is 109 Å². The van der Waals surface area contributed by atoms with E-state index in [-0.39, 0.29) is 38.0 Å². The van der Waals surface area contributed by atoms with Crippen molar-refractivity contribution in [3.05, 3.63) is 109 Å². The predicted molar refractivity (Wildman–Crippen MR) is 237 cm³/mol. The van der Waals surface area contributed by atoms with Crippen molar-refractivity contribution in [2.24, 2.45) is 0 Å². The van der Waals surface area contributed by atoms with Crippen LogP contribution in [0.2, 0.25) is 0 Å². The molecule has 314 valence electrons. The van der Waals surface area contributed by atoms with E-state index in [9.17, 15) is 14.4 Å². The van der Waals surface area contributed by atoms with E-state index in [1.165, 1.54) is 25.7 Å². The van der Waals surface area contributed by atoms with Gasteiger partial charge in [-0.1, -0.05) is 162 Å². The SMILES string of the molecule is CC/C=C\C/C=C\C/C=C\C/C=C\C/C=C\CCC(=O)OCC(COC(=O)CCCCCCC/C=C\CCCC)OC(=O)CCC/C=C\C/C=C\C/C=C\CC. The van der Waals surface area contributed by atoms with Crippen LogP contribution in [0.3, 0.4) is 0 Å². The van der Waals surface area contributed by atoms with Gasteiger partial charge in [0.05, 0.1) is 0 Å². The summed E-state index contributed by atoms with van der Waals surface area (Å²) >= 11 is 0. The smallest absolute Gasteiger partial charge is 0.306 e.